The van der Waals surface area contributed by atoms with Gasteiger partial charge in [-0.2, -0.15) is 0 Å². The van der Waals surface area contributed by atoms with E-state index in [1.807, 2.05) is 14.1 Å². The van der Waals surface area contributed by atoms with E-state index in [2.05, 4.69) is 31.0 Å². The number of nitrogens with one attached hydrogen (secondary N) is 1. The molecule has 7 heavy (non-hydrogen) atoms. The highest BCUT2D eigenvalue weighted by molar-refractivity contribution is 4.47. The number of hydrogen-bond donors (Lipinski definition) is 1. The summed E-state index contributed by atoms with van der Waals surface area (Å²) >= 11 is 0. The number of terminal acetylenes is 2. The minimum Gasteiger partial charge on any atom is -0.323 e. The predicted molar refractivity (Wildman–Crippen MR) is 34.8 cm³/mol. The molecule has 0 spiro atoms. The molecule has 0 saturated heterocycles. The van der Waals surface area contributed by atoms with E-state index in [0.29, 0.717) is 0 Å². The van der Waals surface area contributed by atoms with Gasteiger partial charge in [-0.3, -0.25) is 0 Å². The molecule has 0 aromatic heterocycles. The summed E-state index contributed by atoms with van der Waals surface area (Å²) in [4.78, 5) is 0. The first-order chi connectivity index (χ1) is 3.41. The van der Waals surface area contributed by atoms with E-state index >= 15 is 0 Å². The van der Waals surface area contributed by atoms with Crippen LogP contribution in [-0.4, -0.2) is 14.1 Å². The summed E-state index contributed by atoms with van der Waals surface area (Å²) in [6.07, 6.45) is 16.0. The normalized spacial score (nSPS) is 3.14. The zero-order valence-electron chi connectivity index (χ0n) is 4.81. The molecule has 1 nitrogen and oxygen atoms in total. The van der Waals surface area contributed by atoms with Crippen LogP contribution in [-0.2, 0) is 0 Å². The van der Waals surface area contributed by atoms with Gasteiger partial charge < -0.3 is 5.32 Å². The molecule has 0 rings (SSSR count). The number of rotatable bonds is 0. The maximum absolute atomic E-state index is 4.00. The first kappa shape index (κ1) is 16.5. The van der Waals surface area contributed by atoms with Crippen molar-refractivity contribution in [2.45, 2.75) is 0 Å². The lowest BCUT2D eigenvalue weighted by Crippen LogP contribution is -1.89. The minimum atomic E-state index is 1.88. The molecule has 40 valence electrons. The number of hydrogen-bond acceptors (Lipinski definition) is 1. The van der Waals surface area contributed by atoms with E-state index in [-0.39, 0.29) is 0 Å². The monoisotopic (exact) mass is 97.1 g/mol. The Morgan fingerprint density at radius 3 is 0.857 bits per heavy atom. The largest absolute Gasteiger partial charge is 0.323 e. The maximum Gasteiger partial charge on any atom is -0.0167 e. The summed E-state index contributed by atoms with van der Waals surface area (Å²) in [5.74, 6) is 0. The average Bonchev–Trinajstić information content (AvgIpc) is 1.78. The summed E-state index contributed by atoms with van der Waals surface area (Å²) in [5.41, 5.74) is 0. The van der Waals surface area contributed by atoms with Gasteiger partial charge in [0, 0.05) is 0 Å². The molecule has 0 atom stereocenters. The van der Waals surface area contributed by atoms with Crippen molar-refractivity contribution in [3.05, 3.63) is 0 Å². The summed E-state index contributed by atoms with van der Waals surface area (Å²) in [6.45, 7) is 0. The Kier molecular flexibility index (Phi) is 31200. The molecule has 1 N–H and O–H groups in total. The summed E-state index contributed by atoms with van der Waals surface area (Å²) in [6, 6.07) is 0. The quantitative estimate of drug-likeness (QED) is 0.430. The Morgan fingerprint density at radius 2 is 0.857 bits per heavy atom. The summed E-state index contributed by atoms with van der Waals surface area (Å²) in [5, 5.41) is 2.75. The van der Waals surface area contributed by atoms with Gasteiger partial charge in [0.25, 0.3) is 0 Å². The second-order valence-electron chi connectivity index (χ2n) is 0.500. The zero-order chi connectivity index (χ0) is 6.71. The molecule has 0 aromatic rings. The van der Waals surface area contributed by atoms with Gasteiger partial charge >= 0.3 is 0 Å². The van der Waals surface area contributed by atoms with Crippen LogP contribution in [0.5, 0.6) is 0 Å². The van der Waals surface area contributed by atoms with Gasteiger partial charge in [0.05, 0.1) is 0 Å². The van der Waals surface area contributed by atoms with Gasteiger partial charge in [-0.25, -0.2) is 0 Å². The summed E-state index contributed by atoms with van der Waals surface area (Å²) < 4.78 is 0. The fraction of sp³-hybridized carbons (Fsp3) is 0.333. The van der Waals surface area contributed by atoms with E-state index in [0.717, 1.165) is 0 Å². The molecule has 0 heterocycles. The fourth-order valence-electron chi connectivity index (χ4n) is 0. The molecule has 0 aliphatic rings. The minimum absolute atomic E-state index is 1.88. The Labute approximate surface area is 46.1 Å². The lowest BCUT2D eigenvalue weighted by Gasteiger charge is -1.59. The van der Waals surface area contributed by atoms with Gasteiger partial charge in [-0.15, -0.1) is 25.7 Å². The fourth-order valence-corrected chi connectivity index (χ4v) is 0. The van der Waals surface area contributed by atoms with Crippen LogP contribution >= 0.6 is 0 Å². The lowest BCUT2D eigenvalue weighted by atomic mass is 11.3. The predicted octanol–water partition coefficient (Wildman–Crippen LogP) is 0.334. The Balaban J connectivity index is -0.0000000360. The van der Waals surface area contributed by atoms with Gasteiger partial charge in [-0.05, 0) is 14.1 Å². The highest BCUT2D eigenvalue weighted by Crippen LogP contribution is 0.981. The topological polar surface area (TPSA) is 12.0 Å². The molecule has 0 saturated carbocycles. The lowest BCUT2D eigenvalue weighted by molar-refractivity contribution is 1.02. The molecule has 0 amide bonds. The molecular weight excluding hydrogens is 86.1 g/mol. The molecule has 0 fully saturated rings. The van der Waals surface area contributed by atoms with Crippen LogP contribution in [0.25, 0.3) is 0 Å². The van der Waals surface area contributed by atoms with Crippen molar-refractivity contribution in [3.8, 4) is 25.7 Å². The van der Waals surface area contributed by atoms with Crippen LogP contribution in [0.3, 0.4) is 0 Å². The van der Waals surface area contributed by atoms with E-state index in [1.165, 1.54) is 0 Å². The van der Waals surface area contributed by atoms with Crippen molar-refractivity contribution in [3.63, 3.8) is 0 Å². The highest BCUT2D eigenvalue weighted by atomic mass is 14.7. The average molecular weight is 97.2 g/mol. The SMILES string of the molecule is C#C.C#C.CNC. The van der Waals surface area contributed by atoms with Gasteiger partial charge in [0.15, 0.2) is 0 Å². The van der Waals surface area contributed by atoms with Crippen molar-refractivity contribution in [2.75, 3.05) is 14.1 Å². The Morgan fingerprint density at radius 1 is 0.857 bits per heavy atom. The Bertz CT molecular complexity index is 27.9. The summed E-state index contributed by atoms with van der Waals surface area (Å²) in [7, 11) is 3.75. The zero-order valence-corrected chi connectivity index (χ0v) is 4.81. The van der Waals surface area contributed by atoms with Crippen LogP contribution in [0.4, 0.5) is 0 Å². The highest BCUT2D eigenvalue weighted by Gasteiger charge is 1.25. The molecule has 0 bridgehead atoms. The van der Waals surface area contributed by atoms with E-state index in [4.69, 9.17) is 0 Å². The van der Waals surface area contributed by atoms with Crippen LogP contribution in [0.15, 0.2) is 0 Å². The van der Waals surface area contributed by atoms with E-state index in [9.17, 15) is 0 Å². The molecule has 0 aliphatic carbocycles. The molecule has 0 radical (unpaired) electrons. The van der Waals surface area contributed by atoms with Crippen molar-refractivity contribution in [1.82, 2.24) is 5.32 Å². The van der Waals surface area contributed by atoms with Crippen molar-refractivity contribution < 1.29 is 0 Å². The third kappa shape index (κ3) is 56.9. The van der Waals surface area contributed by atoms with Crippen molar-refractivity contribution in [2.24, 2.45) is 0 Å². The molecular formula is C6H11N. The molecule has 0 aliphatic heterocycles. The van der Waals surface area contributed by atoms with Gasteiger partial charge in [0.2, 0.25) is 0 Å². The molecule has 0 unspecified atom stereocenters. The van der Waals surface area contributed by atoms with Crippen molar-refractivity contribution >= 4 is 0 Å². The van der Waals surface area contributed by atoms with Crippen LogP contribution in [0.1, 0.15) is 0 Å². The Hall–Kier alpha value is -0.920. The van der Waals surface area contributed by atoms with Crippen LogP contribution in [0, 0.1) is 25.7 Å². The standard InChI is InChI=1S/C2H7N.2C2H2/c1-3-2;2*1-2/h3H,1-2H3;2*1-2H. The molecule has 1 heteroatoms. The second kappa shape index (κ2) is 13200. The van der Waals surface area contributed by atoms with Crippen molar-refractivity contribution in [1.29, 1.82) is 0 Å². The van der Waals surface area contributed by atoms with E-state index < -0.39 is 0 Å². The van der Waals surface area contributed by atoms with Gasteiger partial charge in [0.1, 0.15) is 0 Å². The third-order valence-electron chi connectivity index (χ3n) is 0. The smallest absolute Gasteiger partial charge is 0.0167 e. The first-order valence-corrected chi connectivity index (χ1v) is 1.67. The van der Waals surface area contributed by atoms with E-state index in [1.54, 1.807) is 0 Å². The van der Waals surface area contributed by atoms with Crippen LogP contribution < -0.4 is 5.32 Å². The van der Waals surface area contributed by atoms with Gasteiger partial charge in [-0.1, -0.05) is 0 Å². The second-order valence-corrected chi connectivity index (χ2v) is 0.500. The maximum atomic E-state index is 4.00. The third-order valence-corrected chi connectivity index (χ3v) is 0. The molecule has 0 aromatic carbocycles. The van der Waals surface area contributed by atoms with Crippen LogP contribution in [0.2, 0.25) is 0 Å². The first-order valence-electron chi connectivity index (χ1n) is 1.67.